The number of phenolic OH excluding ortho intramolecular Hbond substituents is 4. The van der Waals surface area contributed by atoms with Crippen LogP contribution in [0, 0.1) is 13.8 Å². The molecule has 2 atom stereocenters. The Balaban J connectivity index is 1.98. The van der Waals surface area contributed by atoms with Crippen LogP contribution in [0.4, 0.5) is 0 Å². The van der Waals surface area contributed by atoms with E-state index in [2.05, 4.69) is 0 Å². The second-order valence-electron chi connectivity index (χ2n) is 8.31. The molecule has 6 heteroatoms. The molecule has 0 amide bonds. The molecule has 168 valence electrons. The van der Waals surface area contributed by atoms with Crippen LogP contribution in [0.1, 0.15) is 52.1 Å². The number of benzene rings is 3. The smallest absolute Gasteiger partial charge is 0.200 e. The number of fused-ring (bicyclic) bond motifs is 1. The third-order valence-corrected chi connectivity index (χ3v) is 6.43. The summed E-state index contributed by atoms with van der Waals surface area (Å²) in [5, 5.41) is 41.0. The van der Waals surface area contributed by atoms with E-state index in [1.807, 2.05) is 32.9 Å². The van der Waals surface area contributed by atoms with Crippen molar-refractivity contribution in [3.63, 3.8) is 0 Å². The highest BCUT2D eigenvalue weighted by Gasteiger charge is 2.37. The summed E-state index contributed by atoms with van der Waals surface area (Å²) in [6.45, 7) is 6.09. The Hall–Kier alpha value is -3.54. The van der Waals surface area contributed by atoms with Gasteiger partial charge in [0.25, 0.3) is 0 Å². The lowest BCUT2D eigenvalue weighted by Crippen LogP contribution is -2.26. The number of hydrogen-bond acceptors (Lipinski definition) is 6. The van der Waals surface area contributed by atoms with Gasteiger partial charge in [-0.05, 0) is 72.9 Å². The molecule has 4 N–H and O–H groups in total. The van der Waals surface area contributed by atoms with Crippen LogP contribution in [0.2, 0.25) is 0 Å². The third kappa shape index (κ3) is 3.45. The highest BCUT2D eigenvalue weighted by Crippen LogP contribution is 2.52. The van der Waals surface area contributed by atoms with Crippen molar-refractivity contribution in [1.82, 2.24) is 0 Å². The topological polar surface area (TPSA) is 99.4 Å². The number of rotatable bonds is 4. The van der Waals surface area contributed by atoms with Gasteiger partial charge in [0.2, 0.25) is 5.75 Å². The first-order valence-electron chi connectivity index (χ1n) is 10.6. The van der Waals surface area contributed by atoms with Gasteiger partial charge in [-0.15, -0.1) is 0 Å². The molecule has 32 heavy (non-hydrogen) atoms. The average Bonchev–Trinajstić information content (AvgIpc) is 2.77. The van der Waals surface area contributed by atoms with Gasteiger partial charge >= 0.3 is 0 Å². The average molecular weight is 437 g/mol. The summed E-state index contributed by atoms with van der Waals surface area (Å²) in [4.78, 5) is 0. The molecule has 0 spiro atoms. The van der Waals surface area contributed by atoms with E-state index in [1.165, 1.54) is 13.2 Å². The van der Waals surface area contributed by atoms with Crippen molar-refractivity contribution >= 4 is 0 Å². The number of methoxy groups -OCH3 is 1. The van der Waals surface area contributed by atoms with Crippen molar-refractivity contribution in [2.45, 2.75) is 39.0 Å². The largest absolute Gasteiger partial charge is 0.508 e. The van der Waals surface area contributed by atoms with Crippen molar-refractivity contribution in [2.24, 2.45) is 0 Å². The van der Waals surface area contributed by atoms with Crippen molar-refractivity contribution in [1.29, 1.82) is 0 Å². The summed E-state index contributed by atoms with van der Waals surface area (Å²) in [5.41, 5.74) is 5.16. The lowest BCUT2D eigenvalue weighted by atomic mass is 9.73. The van der Waals surface area contributed by atoms with Gasteiger partial charge in [-0.3, -0.25) is 0 Å². The lowest BCUT2D eigenvalue weighted by Gasteiger charge is -2.36. The van der Waals surface area contributed by atoms with Crippen LogP contribution in [0.5, 0.6) is 34.5 Å². The summed E-state index contributed by atoms with van der Waals surface area (Å²) in [6.07, 6.45) is 0.666. The van der Waals surface area contributed by atoms with Gasteiger partial charge in [-0.25, -0.2) is 0 Å². The molecule has 0 aromatic heterocycles. The minimum absolute atomic E-state index is 0.169. The van der Waals surface area contributed by atoms with E-state index in [1.54, 1.807) is 18.2 Å². The van der Waals surface area contributed by atoms with Crippen LogP contribution in [0.3, 0.4) is 0 Å². The minimum atomic E-state index is -0.306. The van der Waals surface area contributed by atoms with Crippen LogP contribution >= 0.6 is 0 Å². The van der Waals surface area contributed by atoms with Crippen LogP contribution in [0.25, 0.3) is 0 Å². The van der Waals surface area contributed by atoms with Gasteiger partial charge in [0, 0.05) is 23.0 Å². The molecule has 1 aliphatic heterocycles. The molecule has 1 aliphatic rings. The fourth-order valence-corrected chi connectivity index (χ4v) is 4.73. The Labute approximate surface area is 187 Å². The monoisotopic (exact) mass is 436 g/mol. The Morgan fingerprint density at radius 3 is 2.38 bits per heavy atom. The Bertz CT molecular complexity index is 1180. The molecule has 3 aromatic rings. The molecule has 4 rings (SSSR count). The zero-order valence-electron chi connectivity index (χ0n) is 18.6. The Kier molecular flexibility index (Phi) is 5.55. The number of phenols is 4. The molecule has 0 saturated carbocycles. The second kappa shape index (κ2) is 8.19. The van der Waals surface area contributed by atoms with Crippen molar-refractivity contribution < 1.29 is 29.9 Å². The van der Waals surface area contributed by atoms with E-state index in [9.17, 15) is 20.4 Å². The standard InChI is InChI=1S/C26H28O6/c1-5-15-9-19-23(18-7-6-17(27)8-13(18)2)20(12-32-26(19)14(3)24(15)29)16-10-21(28)25(30)22(11-16)31-4/h6-11,20,23,27-30H,5,12H2,1-4H3. The van der Waals surface area contributed by atoms with E-state index in [-0.39, 0.29) is 40.6 Å². The predicted octanol–water partition coefficient (Wildman–Crippen LogP) is 5.00. The second-order valence-corrected chi connectivity index (χ2v) is 8.31. The van der Waals surface area contributed by atoms with Gasteiger partial charge in [-0.1, -0.05) is 13.0 Å². The first-order valence-corrected chi connectivity index (χ1v) is 10.6. The lowest BCUT2D eigenvalue weighted by molar-refractivity contribution is 0.244. The van der Waals surface area contributed by atoms with Crippen molar-refractivity contribution in [2.75, 3.05) is 13.7 Å². The highest BCUT2D eigenvalue weighted by atomic mass is 16.5. The Morgan fingerprint density at radius 1 is 0.969 bits per heavy atom. The summed E-state index contributed by atoms with van der Waals surface area (Å²) in [7, 11) is 1.44. The number of hydrogen-bond donors (Lipinski definition) is 4. The van der Waals surface area contributed by atoms with Crippen LogP contribution in [-0.2, 0) is 6.42 Å². The summed E-state index contributed by atoms with van der Waals surface area (Å²) >= 11 is 0. The van der Waals surface area contributed by atoms with E-state index in [0.29, 0.717) is 24.3 Å². The van der Waals surface area contributed by atoms with E-state index in [0.717, 1.165) is 27.8 Å². The third-order valence-electron chi connectivity index (χ3n) is 6.43. The molecule has 1 heterocycles. The zero-order chi connectivity index (χ0) is 23.2. The summed E-state index contributed by atoms with van der Waals surface area (Å²) in [5.74, 6) is 0.330. The fourth-order valence-electron chi connectivity index (χ4n) is 4.73. The highest BCUT2D eigenvalue weighted by molar-refractivity contribution is 5.61. The zero-order valence-corrected chi connectivity index (χ0v) is 18.6. The van der Waals surface area contributed by atoms with Crippen LogP contribution < -0.4 is 9.47 Å². The number of ether oxygens (including phenoxy) is 2. The van der Waals surface area contributed by atoms with Gasteiger partial charge in [0.15, 0.2) is 11.5 Å². The van der Waals surface area contributed by atoms with Crippen LogP contribution in [-0.4, -0.2) is 34.1 Å². The normalized spacial score (nSPS) is 17.5. The maximum absolute atomic E-state index is 10.6. The maximum Gasteiger partial charge on any atom is 0.200 e. The van der Waals surface area contributed by atoms with Gasteiger partial charge < -0.3 is 29.9 Å². The molecule has 0 radical (unpaired) electrons. The molecule has 0 fully saturated rings. The Morgan fingerprint density at radius 2 is 1.72 bits per heavy atom. The van der Waals surface area contributed by atoms with Gasteiger partial charge in [0.1, 0.15) is 17.2 Å². The minimum Gasteiger partial charge on any atom is -0.508 e. The van der Waals surface area contributed by atoms with Gasteiger partial charge in [-0.2, -0.15) is 0 Å². The first kappa shape index (κ1) is 21.7. The SMILES string of the molecule is CCc1cc2c(c(C)c1O)OCC(c1cc(O)c(O)c(OC)c1)C2c1ccc(O)cc1C. The molecular formula is C26H28O6. The van der Waals surface area contributed by atoms with E-state index >= 15 is 0 Å². The molecule has 0 bridgehead atoms. The van der Waals surface area contributed by atoms with E-state index in [4.69, 9.17) is 9.47 Å². The summed E-state index contributed by atoms with van der Waals surface area (Å²) in [6, 6.07) is 10.5. The predicted molar refractivity (Wildman–Crippen MR) is 121 cm³/mol. The molecule has 0 aliphatic carbocycles. The van der Waals surface area contributed by atoms with Crippen molar-refractivity contribution in [3.8, 4) is 34.5 Å². The molecule has 3 aromatic carbocycles. The van der Waals surface area contributed by atoms with E-state index < -0.39 is 0 Å². The van der Waals surface area contributed by atoms with Crippen molar-refractivity contribution in [3.05, 3.63) is 69.8 Å². The number of aromatic hydroxyl groups is 4. The molecular weight excluding hydrogens is 408 g/mol. The quantitative estimate of drug-likeness (QED) is 0.429. The van der Waals surface area contributed by atoms with Crippen LogP contribution in [0.15, 0.2) is 36.4 Å². The first-order chi connectivity index (χ1) is 15.3. The van der Waals surface area contributed by atoms with Gasteiger partial charge in [0.05, 0.1) is 13.7 Å². The molecule has 2 unspecified atom stereocenters. The fraction of sp³-hybridized carbons (Fsp3) is 0.308. The maximum atomic E-state index is 10.6. The summed E-state index contributed by atoms with van der Waals surface area (Å²) < 4.78 is 11.4. The number of aryl methyl sites for hydroxylation is 2. The molecule has 0 saturated heterocycles. The molecule has 6 nitrogen and oxygen atoms in total.